The largest absolute Gasteiger partial charge is 0.396 e. The molecule has 19 heteroatoms. The second kappa shape index (κ2) is 18.5. The summed E-state index contributed by atoms with van der Waals surface area (Å²) in [5.41, 5.74) is 30.7. The van der Waals surface area contributed by atoms with Crippen molar-refractivity contribution in [3.8, 4) is 0 Å². The van der Waals surface area contributed by atoms with E-state index in [0.29, 0.717) is 12.5 Å². The van der Waals surface area contributed by atoms with Crippen molar-refractivity contribution in [1.82, 2.24) is 5.32 Å². The molecule has 4 fully saturated rings. The van der Waals surface area contributed by atoms with Crippen molar-refractivity contribution < 1.29 is 64.2 Å². The van der Waals surface area contributed by atoms with Gasteiger partial charge in [-0.3, -0.25) is 0 Å². The topological polar surface area (TPSA) is 339 Å². The van der Waals surface area contributed by atoms with Crippen LogP contribution in [0.1, 0.15) is 25.7 Å². The Hall–Kier alpha value is -1.02. The van der Waals surface area contributed by atoms with Gasteiger partial charge in [0, 0.05) is 44.3 Å². The average molecular weight is 737 g/mol. The maximum atomic E-state index is 11.7. The molecule has 0 aromatic heterocycles. The highest BCUT2D eigenvalue weighted by Crippen LogP contribution is 2.37. The summed E-state index contributed by atoms with van der Waals surface area (Å²) in [6.45, 7) is -0.108. The third kappa shape index (κ3) is 9.62. The minimum Gasteiger partial charge on any atom is -0.396 e. The SMILES string of the molecule is NC[C@@H]1O[C@H](O[C@H]2[C@@H](O)[C@H](O[C@@H]3[C@@H](O)[C@H](CC(CO)CO)C[C@H](N)[C@H]3O[C@H]3O[C@H](CNCC4CC(N)C4)C=C[C@H]3N)O[C@@H]2CO)[C@H](N)[C@@H](O)[C@@H]1O. The normalized spacial score (nSPS) is 47.5. The van der Waals surface area contributed by atoms with E-state index in [4.69, 9.17) is 57.1 Å². The van der Waals surface area contributed by atoms with E-state index in [0.717, 1.165) is 19.4 Å². The molecule has 2 saturated carbocycles. The molecule has 0 unspecified atom stereocenters. The summed E-state index contributed by atoms with van der Waals surface area (Å²) in [4.78, 5) is 0. The van der Waals surface area contributed by atoms with Crippen LogP contribution in [0.25, 0.3) is 0 Å². The van der Waals surface area contributed by atoms with Crippen LogP contribution in [0.4, 0.5) is 0 Å². The molecule has 3 aliphatic heterocycles. The molecule has 296 valence electrons. The Kier molecular flexibility index (Phi) is 15.0. The summed E-state index contributed by atoms with van der Waals surface area (Å²) in [6.07, 6.45) is -9.60. The Morgan fingerprint density at radius 3 is 2.02 bits per heavy atom. The zero-order chi connectivity index (χ0) is 37.0. The first-order valence-electron chi connectivity index (χ1n) is 18.0. The van der Waals surface area contributed by atoms with Crippen molar-refractivity contribution in [3.05, 3.63) is 12.2 Å². The molecule has 0 radical (unpaired) electrons. The number of hydrogen-bond acceptors (Lipinski definition) is 19. The van der Waals surface area contributed by atoms with Gasteiger partial charge in [0.1, 0.15) is 48.8 Å². The third-order valence-corrected chi connectivity index (χ3v) is 10.8. The average Bonchev–Trinajstić information content (AvgIpc) is 3.40. The van der Waals surface area contributed by atoms with Gasteiger partial charge in [0.05, 0.1) is 30.9 Å². The minimum absolute atomic E-state index is 0.156. The van der Waals surface area contributed by atoms with E-state index in [1.165, 1.54) is 0 Å². The van der Waals surface area contributed by atoms with E-state index in [2.05, 4.69) is 5.32 Å². The van der Waals surface area contributed by atoms with Crippen molar-refractivity contribution in [2.75, 3.05) is 39.5 Å². The molecule has 17 atom stereocenters. The number of ether oxygens (including phenoxy) is 6. The third-order valence-electron chi connectivity index (χ3n) is 10.8. The summed E-state index contributed by atoms with van der Waals surface area (Å²) < 4.78 is 36.3. The molecule has 0 spiro atoms. The van der Waals surface area contributed by atoms with Gasteiger partial charge in [-0.25, -0.2) is 0 Å². The highest BCUT2D eigenvalue weighted by Gasteiger charge is 2.54. The number of rotatable bonds is 16. The quantitative estimate of drug-likeness (QED) is 0.0655. The molecule has 2 saturated heterocycles. The molecule has 18 N–H and O–H groups in total. The first-order chi connectivity index (χ1) is 24.4. The molecular formula is C32H60N6O13. The van der Waals surface area contributed by atoms with Crippen LogP contribution in [-0.4, -0.2) is 179 Å². The van der Waals surface area contributed by atoms with Crippen LogP contribution in [0.5, 0.6) is 0 Å². The van der Waals surface area contributed by atoms with Crippen LogP contribution >= 0.6 is 0 Å². The molecule has 0 amide bonds. The fourth-order valence-electron chi connectivity index (χ4n) is 7.68. The fourth-order valence-corrected chi connectivity index (χ4v) is 7.68. The van der Waals surface area contributed by atoms with Gasteiger partial charge in [-0.05, 0) is 44.1 Å². The highest BCUT2D eigenvalue weighted by atomic mass is 16.8. The summed E-state index contributed by atoms with van der Waals surface area (Å²) >= 11 is 0. The second-order valence-corrected chi connectivity index (χ2v) is 14.7. The van der Waals surface area contributed by atoms with Gasteiger partial charge in [0.15, 0.2) is 18.9 Å². The molecule has 5 rings (SSSR count). The summed E-state index contributed by atoms with van der Waals surface area (Å²) in [5, 5.41) is 76.9. The lowest BCUT2D eigenvalue weighted by Crippen LogP contribution is -2.64. The van der Waals surface area contributed by atoms with Crippen LogP contribution in [0.2, 0.25) is 0 Å². The molecule has 3 heterocycles. The van der Waals surface area contributed by atoms with Gasteiger partial charge in [0.25, 0.3) is 0 Å². The maximum absolute atomic E-state index is 11.7. The van der Waals surface area contributed by atoms with Crippen LogP contribution < -0.4 is 34.0 Å². The van der Waals surface area contributed by atoms with Gasteiger partial charge in [0.2, 0.25) is 0 Å². The lowest BCUT2D eigenvalue weighted by Gasteiger charge is -2.46. The Labute approximate surface area is 297 Å². The van der Waals surface area contributed by atoms with Crippen LogP contribution in [0.15, 0.2) is 12.2 Å². The number of aliphatic hydroxyl groups excluding tert-OH is 7. The summed E-state index contributed by atoms with van der Waals surface area (Å²) in [5.74, 6) is -0.570. The Morgan fingerprint density at radius 1 is 0.706 bits per heavy atom. The predicted octanol–water partition coefficient (Wildman–Crippen LogP) is -6.41. The zero-order valence-corrected chi connectivity index (χ0v) is 28.7. The van der Waals surface area contributed by atoms with Crippen molar-refractivity contribution in [2.24, 2.45) is 46.4 Å². The van der Waals surface area contributed by atoms with Gasteiger partial charge >= 0.3 is 0 Å². The highest BCUT2D eigenvalue weighted by molar-refractivity contribution is 5.05. The number of aliphatic hydroxyl groups is 7. The molecule has 51 heavy (non-hydrogen) atoms. The molecule has 0 bridgehead atoms. The second-order valence-electron chi connectivity index (χ2n) is 14.7. The van der Waals surface area contributed by atoms with Crippen molar-refractivity contribution in [3.63, 3.8) is 0 Å². The van der Waals surface area contributed by atoms with Crippen molar-refractivity contribution in [1.29, 1.82) is 0 Å². The minimum atomic E-state index is -1.58. The van der Waals surface area contributed by atoms with E-state index in [1.807, 2.05) is 6.08 Å². The molecule has 0 aromatic rings. The van der Waals surface area contributed by atoms with Gasteiger partial charge in [-0.2, -0.15) is 0 Å². The monoisotopic (exact) mass is 736 g/mol. The van der Waals surface area contributed by atoms with Crippen LogP contribution in [-0.2, 0) is 28.4 Å². The number of nitrogens with two attached hydrogens (primary N) is 5. The van der Waals surface area contributed by atoms with E-state index >= 15 is 0 Å². The zero-order valence-electron chi connectivity index (χ0n) is 28.7. The lowest BCUT2D eigenvalue weighted by molar-refractivity contribution is -0.286. The summed E-state index contributed by atoms with van der Waals surface area (Å²) in [6, 6.07) is -2.42. The molecule has 19 nitrogen and oxygen atoms in total. The van der Waals surface area contributed by atoms with E-state index in [1.54, 1.807) is 6.08 Å². The number of hydrogen-bond donors (Lipinski definition) is 13. The Bertz CT molecular complexity index is 1090. The van der Waals surface area contributed by atoms with Crippen LogP contribution in [0.3, 0.4) is 0 Å². The Morgan fingerprint density at radius 2 is 1.37 bits per heavy atom. The van der Waals surface area contributed by atoms with Crippen molar-refractivity contribution >= 4 is 0 Å². The smallest absolute Gasteiger partial charge is 0.187 e. The van der Waals surface area contributed by atoms with Crippen LogP contribution in [0, 0.1) is 17.8 Å². The van der Waals surface area contributed by atoms with Gasteiger partial charge in [-0.15, -0.1) is 0 Å². The molecular weight excluding hydrogens is 676 g/mol. The van der Waals surface area contributed by atoms with E-state index in [-0.39, 0.29) is 44.7 Å². The molecule has 0 aromatic carbocycles. The Balaban J connectivity index is 1.29. The van der Waals surface area contributed by atoms with Gasteiger partial charge in [-0.1, -0.05) is 12.2 Å². The van der Waals surface area contributed by atoms with Crippen molar-refractivity contribution in [2.45, 2.75) is 130 Å². The fraction of sp³-hybridized carbons (Fsp3) is 0.938. The maximum Gasteiger partial charge on any atom is 0.187 e. The number of nitrogens with one attached hydrogen (secondary N) is 1. The first-order valence-corrected chi connectivity index (χ1v) is 18.0. The predicted molar refractivity (Wildman–Crippen MR) is 178 cm³/mol. The molecule has 5 aliphatic rings. The van der Waals surface area contributed by atoms with Gasteiger partial charge < -0.3 is 98.2 Å². The lowest BCUT2D eigenvalue weighted by atomic mass is 9.75. The first kappa shape index (κ1) is 41.1. The standard InChI is InChI=1S/C32H60N6O13/c33-7-20-24(43)25(44)22(37)31(47-20)50-28-21(12-41)48-32(26(28)45)51-29-23(42)15(3-14(10-39)11-40)6-19(36)27(29)49-30-18(35)2-1-17(46-30)9-38-8-13-4-16(34)5-13/h1-2,13-32,38-45H,3-12,33-37H2/t13?,15-,16?,17+,18-,19+,20+,21-,22-,23+,24-,25-,26-,27-,28-,29-,30-,31-,32+/m1/s1. The molecule has 2 aliphatic carbocycles. The van der Waals surface area contributed by atoms with E-state index < -0.39 is 110 Å². The summed E-state index contributed by atoms with van der Waals surface area (Å²) in [7, 11) is 0. The van der Waals surface area contributed by atoms with E-state index in [9.17, 15) is 35.7 Å².